The van der Waals surface area contributed by atoms with Crippen molar-refractivity contribution in [1.82, 2.24) is 0 Å². The Bertz CT molecular complexity index is 1250. The van der Waals surface area contributed by atoms with Crippen LogP contribution < -0.4 is 0 Å². The van der Waals surface area contributed by atoms with E-state index in [-0.39, 0.29) is 5.82 Å². The van der Waals surface area contributed by atoms with Crippen LogP contribution in [0.15, 0.2) is 59.6 Å². The Morgan fingerprint density at radius 3 is 2.18 bits per heavy atom. The van der Waals surface area contributed by atoms with Crippen molar-refractivity contribution >= 4 is 35.2 Å². The predicted octanol–water partition coefficient (Wildman–Crippen LogP) is 9.00. The first-order valence-corrected chi connectivity index (χ1v) is 11.6. The maximum absolute atomic E-state index is 14.7. The van der Waals surface area contributed by atoms with Crippen LogP contribution in [0.25, 0.3) is 23.3 Å². The van der Waals surface area contributed by atoms with Gasteiger partial charge in [0.1, 0.15) is 11.5 Å². The summed E-state index contributed by atoms with van der Waals surface area (Å²) >= 11 is 4.40. The number of nitrogens with zero attached hydrogens (tertiary/aromatic N) is 1. The van der Waals surface area contributed by atoms with Crippen LogP contribution in [0, 0.1) is 29.3 Å². The van der Waals surface area contributed by atoms with Gasteiger partial charge < -0.3 is 0 Å². The van der Waals surface area contributed by atoms with Crippen LogP contribution in [0.3, 0.4) is 0 Å². The summed E-state index contributed by atoms with van der Waals surface area (Å²) in [4.78, 5) is 3.40. The maximum atomic E-state index is 14.7. The normalized spacial score (nSPS) is 10.6. The van der Waals surface area contributed by atoms with Crippen molar-refractivity contribution in [3.8, 4) is 23.0 Å². The fraction of sp³-hybridized carbons (Fsp3) is 0.207. The Balaban J connectivity index is 1.69. The first-order chi connectivity index (χ1) is 16.5. The third-order valence-electron chi connectivity index (χ3n) is 5.24. The van der Waals surface area contributed by atoms with Gasteiger partial charge in [0.25, 0.3) is 0 Å². The van der Waals surface area contributed by atoms with Crippen molar-refractivity contribution in [2.75, 3.05) is 0 Å². The van der Waals surface area contributed by atoms with Gasteiger partial charge in [0, 0.05) is 17.5 Å². The maximum Gasteiger partial charge on any atom is 0.153 e. The van der Waals surface area contributed by atoms with Crippen molar-refractivity contribution < 1.29 is 13.2 Å². The van der Waals surface area contributed by atoms with E-state index in [0.717, 1.165) is 24.0 Å². The zero-order chi connectivity index (χ0) is 24.3. The lowest BCUT2D eigenvalue weighted by Crippen LogP contribution is -1.87. The van der Waals surface area contributed by atoms with Crippen LogP contribution in [0.1, 0.15) is 55.7 Å². The van der Waals surface area contributed by atoms with E-state index in [1.165, 1.54) is 37.5 Å². The molecule has 5 heteroatoms. The highest BCUT2D eigenvalue weighted by atomic mass is 32.1. The molecule has 1 nitrogen and oxygen atoms in total. The van der Waals surface area contributed by atoms with E-state index in [9.17, 15) is 13.2 Å². The lowest BCUT2D eigenvalue weighted by Gasteiger charge is -2.05. The predicted molar refractivity (Wildman–Crippen MR) is 137 cm³/mol. The molecule has 0 bridgehead atoms. The van der Waals surface area contributed by atoms with Crippen molar-refractivity contribution in [3.05, 3.63) is 88.7 Å². The minimum Gasteiger partial charge on any atom is -0.206 e. The quantitative estimate of drug-likeness (QED) is 0.104. The molecule has 0 N–H and O–H groups in total. The number of thiocarbonyl (C=S) groups is 1. The Kier molecular flexibility index (Phi) is 9.40. The fourth-order valence-electron chi connectivity index (χ4n) is 3.43. The number of benzene rings is 3. The summed E-state index contributed by atoms with van der Waals surface area (Å²) in [5, 5.41) is 1.96. The van der Waals surface area contributed by atoms with Gasteiger partial charge in [0.15, 0.2) is 11.6 Å². The summed E-state index contributed by atoms with van der Waals surface area (Å²) < 4.78 is 42.6. The molecule has 0 unspecified atom stereocenters. The van der Waals surface area contributed by atoms with E-state index in [4.69, 9.17) is 0 Å². The zero-order valence-corrected chi connectivity index (χ0v) is 19.7. The van der Waals surface area contributed by atoms with Gasteiger partial charge in [0.2, 0.25) is 0 Å². The Labute approximate surface area is 204 Å². The minimum atomic E-state index is -0.813. The molecule has 3 aromatic rings. The summed E-state index contributed by atoms with van der Waals surface area (Å²) in [6, 6.07) is 14.6. The highest BCUT2D eigenvalue weighted by Gasteiger charge is 2.09. The first-order valence-electron chi connectivity index (χ1n) is 11.2. The summed E-state index contributed by atoms with van der Waals surface area (Å²) in [5.41, 5.74) is 2.57. The second-order valence-corrected chi connectivity index (χ2v) is 7.98. The van der Waals surface area contributed by atoms with Crippen molar-refractivity contribution in [2.24, 2.45) is 4.99 Å². The van der Waals surface area contributed by atoms with E-state index in [1.807, 2.05) is 23.4 Å². The highest BCUT2D eigenvalue weighted by molar-refractivity contribution is 7.78. The molecule has 0 heterocycles. The number of hydrogen-bond donors (Lipinski definition) is 0. The third-order valence-corrected chi connectivity index (χ3v) is 5.34. The zero-order valence-electron chi connectivity index (χ0n) is 18.9. The van der Waals surface area contributed by atoms with Crippen LogP contribution in [0.5, 0.6) is 0 Å². The fourth-order valence-corrected chi connectivity index (χ4v) is 3.52. The van der Waals surface area contributed by atoms with Gasteiger partial charge in [-0.25, -0.2) is 13.2 Å². The molecule has 0 aliphatic heterocycles. The van der Waals surface area contributed by atoms with Crippen LogP contribution in [-0.4, -0.2) is 5.16 Å². The van der Waals surface area contributed by atoms with Crippen molar-refractivity contribution in [3.63, 3.8) is 0 Å². The molecule has 0 atom stereocenters. The first kappa shape index (κ1) is 25.2. The molecule has 0 saturated carbocycles. The molecule has 0 aliphatic rings. The second-order valence-electron chi connectivity index (χ2n) is 7.80. The number of rotatable bonds is 8. The third kappa shape index (κ3) is 7.02. The van der Waals surface area contributed by atoms with Gasteiger partial charge in [-0.1, -0.05) is 80.5 Å². The summed E-state index contributed by atoms with van der Waals surface area (Å²) in [6.45, 7) is 2.17. The molecule has 0 spiro atoms. The number of unbranched alkanes of at least 4 members (excludes halogenated alkanes) is 4. The van der Waals surface area contributed by atoms with Gasteiger partial charge in [0.05, 0.1) is 5.16 Å². The lowest BCUT2D eigenvalue weighted by atomic mass is 10.0. The molecule has 0 amide bonds. The monoisotopic (exact) mass is 475 g/mol. The van der Waals surface area contributed by atoms with E-state index >= 15 is 0 Å². The number of halogens is 3. The molecule has 0 aliphatic carbocycles. The smallest absolute Gasteiger partial charge is 0.153 e. The Morgan fingerprint density at radius 1 is 0.824 bits per heavy atom. The summed E-state index contributed by atoms with van der Waals surface area (Å²) in [5.74, 6) is 4.20. The summed E-state index contributed by atoms with van der Waals surface area (Å²) in [6.07, 6.45) is 8.78. The number of aliphatic imine (C=N–C) groups is 1. The van der Waals surface area contributed by atoms with Crippen molar-refractivity contribution in [1.29, 1.82) is 0 Å². The van der Waals surface area contributed by atoms with E-state index in [0.29, 0.717) is 16.7 Å². The molecule has 3 aromatic carbocycles. The molecule has 0 saturated heterocycles. The molecular formula is C29H24F3NS. The van der Waals surface area contributed by atoms with E-state index in [2.05, 4.69) is 36.0 Å². The van der Waals surface area contributed by atoms with Gasteiger partial charge in [-0.15, -0.1) is 0 Å². The molecule has 0 aromatic heterocycles. The molecule has 0 fully saturated rings. The van der Waals surface area contributed by atoms with E-state index < -0.39 is 17.3 Å². The van der Waals surface area contributed by atoms with Crippen LogP contribution in [0.2, 0.25) is 0 Å². The topological polar surface area (TPSA) is 12.4 Å². The van der Waals surface area contributed by atoms with Crippen LogP contribution in [0.4, 0.5) is 18.9 Å². The lowest BCUT2D eigenvalue weighted by molar-refractivity contribution is 0.587. The average Bonchev–Trinajstić information content (AvgIpc) is 2.83. The largest absolute Gasteiger partial charge is 0.206 e. The van der Waals surface area contributed by atoms with Gasteiger partial charge in [-0.2, -0.15) is 4.99 Å². The standard InChI is InChI=1S/C29H24F3NS/c1-2-3-4-5-6-7-8-22-13-16-25(26(30)17-22)24-14-11-21(12-15-24)9-10-23-18-27(31)29(33-20-34)28(32)19-23/h9-19H,2-6H2,1H3/b10-9+. The number of hydrogen-bond acceptors (Lipinski definition) is 2. The molecule has 34 heavy (non-hydrogen) atoms. The van der Waals surface area contributed by atoms with E-state index in [1.54, 1.807) is 30.4 Å². The molecule has 0 radical (unpaired) electrons. The van der Waals surface area contributed by atoms with Crippen LogP contribution in [-0.2, 0) is 0 Å². The summed E-state index contributed by atoms with van der Waals surface area (Å²) in [7, 11) is 0. The number of isothiocyanates is 1. The average molecular weight is 476 g/mol. The Hall–Kier alpha value is -3.45. The minimum absolute atomic E-state index is 0.328. The highest BCUT2D eigenvalue weighted by Crippen LogP contribution is 2.26. The van der Waals surface area contributed by atoms with Crippen molar-refractivity contribution in [2.45, 2.75) is 39.0 Å². The second kappa shape index (κ2) is 12.7. The molecular weight excluding hydrogens is 451 g/mol. The molecule has 3 rings (SSSR count). The van der Waals surface area contributed by atoms with Gasteiger partial charge in [-0.05, 0) is 59.6 Å². The van der Waals surface area contributed by atoms with Gasteiger partial charge in [-0.3, -0.25) is 0 Å². The van der Waals surface area contributed by atoms with Crippen LogP contribution >= 0.6 is 12.2 Å². The SMILES string of the molecule is CCCCCCC#Cc1ccc(-c2ccc(/C=C/c3cc(F)c(N=C=S)c(F)c3)cc2)c(F)c1. The van der Waals surface area contributed by atoms with Gasteiger partial charge >= 0.3 is 0 Å². The molecule has 172 valence electrons. The Morgan fingerprint density at radius 2 is 1.53 bits per heavy atom.